The van der Waals surface area contributed by atoms with Crippen LogP contribution in [0.4, 0.5) is 23.7 Å². The molecule has 0 bridgehead atoms. The molecule has 3 atom stereocenters. The summed E-state index contributed by atoms with van der Waals surface area (Å²) in [6, 6.07) is 1.77. The molecule has 2 aliphatic heterocycles. The van der Waals surface area contributed by atoms with Crippen molar-refractivity contribution in [3.8, 4) is 0 Å². The van der Waals surface area contributed by atoms with E-state index >= 15 is 0 Å². The summed E-state index contributed by atoms with van der Waals surface area (Å²) in [7, 11) is 0. The van der Waals surface area contributed by atoms with Crippen LogP contribution in [0.2, 0.25) is 5.02 Å². The molecule has 200 valence electrons. The normalized spacial score (nSPS) is 23.4. The van der Waals surface area contributed by atoms with Gasteiger partial charge in [-0.25, -0.2) is 4.79 Å². The Morgan fingerprint density at radius 3 is 2.44 bits per heavy atom. The summed E-state index contributed by atoms with van der Waals surface area (Å²) < 4.78 is 45.2. The van der Waals surface area contributed by atoms with Gasteiger partial charge < -0.3 is 19.9 Å². The SMILES string of the molecule is CCC(=O)[C@H]1CCN(C(=O)OC(C)(C)C)C[C@@H]1N1CCCC(Nc2cc(Cl)cc(C(F)(F)F)c2)C1=O. The first-order valence-corrected chi connectivity index (χ1v) is 12.5. The number of rotatable bonds is 5. The Bertz CT molecular complexity index is 996. The number of benzene rings is 1. The summed E-state index contributed by atoms with van der Waals surface area (Å²) in [6.45, 7) is 7.94. The standard InChI is InChI=1S/C25H33ClF3N3O4/c1-5-21(33)18-8-10-31(23(35)36-24(2,3)4)14-20(18)32-9-6-7-19(22(32)34)30-17-12-15(25(27,28)29)11-16(26)13-17/h11-13,18-20,30H,5-10,14H2,1-4H3/t18-,19?,20-/m0/s1. The van der Waals surface area contributed by atoms with Crippen molar-refractivity contribution in [3.63, 3.8) is 0 Å². The van der Waals surface area contributed by atoms with Gasteiger partial charge in [-0.2, -0.15) is 13.2 Å². The lowest BCUT2D eigenvalue weighted by Crippen LogP contribution is -2.61. The van der Waals surface area contributed by atoms with Gasteiger partial charge >= 0.3 is 12.3 Å². The molecule has 1 N–H and O–H groups in total. The number of carbonyl (C=O) groups excluding carboxylic acids is 3. The number of nitrogens with zero attached hydrogens (tertiary/aromatic N) is 2. The molecule has 7 nitrogen and oxygen atoms in total. The highest BCUT2D eigenvalue weighted by molar-refractivity contribution is 6.31. The van der Waals surface area contributed by atoms with Crippen molar-refractivity contribution < 1.29 is 32.3 Å². The zero-order valence-corrected chi connectivity index (χ0v) is 21.7. The molecule has 2 saturated heterocycles. The lowest BCUT2D eigenvalue weighted by Gasteiger charge is -2.46. The first kappa shape index (κ1) is 28.1. The number of halogens is 4. The van der Waals surface area contributed by atoms with E-state index in [1.807, 2.05) is 0 Å². The van der Waals surface area contributed by atoms with Gasteiger partial charge in [-0.3, -0.25) is 9.59 Å². The second kappa shape index (κ2) is 10.9. The quantitative estimate of drug-likeness (QED) is 0.553. The number of ether oxygens (including phenoxy) is 1. The average molecular weight is 532 g/mol. The number of likely N-dealkylation sites (tertiary alicyclic amines) is 2. The number of ketones is 1. The van der Waals surface area contributed by atoms with E-state index in [0.717, 1.165) is 12.1 Å². The summed E-state index contributed by atoms with van der Waals surface area (Å²) in [6.07, 6.45) is -3.37. The van der Waals surface area contributed by atoms with E-state index in [9.17, 15) is 27.6 Å². The van der Waals surface area contributed by atoms with Crippen LogP contribution in [0.15, 0.2) is 18.2 Å². The van der Waals surface area contributed by atoms with E-state index in [1.54, 1.807) is 32.6 Å². The first-order chi connectivity index (χ1) is 16.7. The van der Waals surface area contributed by atoms with Gasteiger partial charge in [-0.15, -0.1) is 0 Å². The topological polar surface area (TPSA) is 79.0 Å². The van der Waals surface area contributed by atoms with Crippen molar-refractivity contribution in [3.05, 3.63) is 28.8 Å². The third-order valence-corrected chi connectivity index (χ3v) is 6.65. The number of nitrogens with one attached hydrogen (secondary N) is 1. The van der Waals surface area contributed by atoms with Crippen molar-refractivity contribution in [1.29, 1.82) is 0 Å². The van der Waals surface area contributed by atoms with Crippen molar-refractivity contribution in [1.82, 2.24) is 9.80 Å². The minimum Gasteiger partial charge on any atom is -0.444 e. The highest BCUT2D eigenvalue weighted by Crippen LogP contribution is 2.34. The first-order valence-electron chi connectivity index (χ1n) is 12.1. The number of anilines is 1. The number of hydrogen-bond donors (Lipinski definition) is 1. The van der Waals surface area contributed by atoms with E-state index in [2.05, 4.69) is 5.32 Å². The Kier molecular flexibility index (Phi) is 8.48. The van der Waals surface area contributed by atoms with E-state index in [1.165, 1.54) is 11.0 Å². The highest BCUT2D eigenvalue weighted by atomic mass is 35.5. The van der Waals surface area contributed by atoms with Crippen LogP contribution in [0.5, 0.6) is 0 Å². The van der Waals surface area contributed by atoms with E-state index in [0.29, 0.717) is 38.8 Å². The number of amides is 2. The fraction of sp³-hybridized carbons (Fsp3) is 0.640. The van der Waals surface area contributed by atoms with Crippen LogP contribution >= 0.6 is 11.6 Å². The number of alkyl halides is 3. The van der Waals surface area contributed by atoms with Gasteiger partial charge in [0, 0.05) is 42.7 Å². The second-order valence-corrected chi connectivity index (χ2v) is 10.7. The molecular weight excluding hydrogens is 499 g/mol. The Balaban J connectivity index is 1.82. The summed E-state index contributed by atoms with van der Waals surface area (Å²) in [5.74, 6) is -0.740. The lowest BCUT2D eigenvalue weighted by molar-refractivity contribution is -0.142. The highest BCUT2D eigenvalue weighted by Gasteiger charge is 2.43. The maximum Gasteiger partial charge on any atom is 0.416 e. The largest absolute Gasteiger partial charge is 0.444 e. The van der Waals surface area contributed by atoms with Crippen LogP contribution in [-0.4, -0.2) is 64.9 Å². The third-order valence-electron chi connectivity index (χ3n) is 6.43. The van der Waals surface area contributed by atoms with Gasteiger partial charge in [0.2, 0.25) is 5.91 Å². The molecule has 3 rings (SSSR count). The number of Topliss-reactive ketones (excluding diaryl/α,β-unsaturated/α-hetero) is 1. The van der Waals surface area contributed by atoms with Gasteiger partial charge in [-0.05, 0) is 58.2 Å². The molecule has 2 amide bonds. The van der Waals surface area contributed by atoms with Gasteiger partial charge in [0.15, 0.2) is 0 Å². The zero-order valence-electron chi connectivity index (χ0n) is 21.0. The van der Waals surface area contributed by atoms with Crippen molar-refractivity contribution in [2.24, 2.45) is 5.92 Å². The fourth-order valence-corrected chi connectivity index (χ4v) is 5.01. The van der Waals surface area contributed by atoms with Gasteiger partial charge in [0.25, 0.3) is 0 Å². The summed E-state index contributed by atoms with van der Waals surface area (Å²) >= 11 is 5.90. The maximum absolute atomic E-state index is 13.5. The van der Waals surface area contributed by atoms with Gasteiger partial charge in [-0.1, -0.05) is 18.5 Å². The smallest absolute Gasteiger partial charge is 0.416 e. The molecule has 2 heterocycles. The summed E-state index contributed by atoms with van der Waals surface area (Å²) in [5, 5.41) is 2.81. The predicted octanol–water partition coefficient (Wildman–Crippen LogP) is 5.37. The molecule has 0 spiro atoms. The van der Waals surface area contributed by atoms with Crippen molar-refractivity contribution >= 4 is 35.1 Å². The summed E-state index contributed by atoms with van der Waals surface area (Å²) in [5.41, 5.74) is -1.51. The zero-order chi connectivity index (χ0) is 26.8. The monoisotopic (exact) mass is 531 g/mol. The van der Waals surface area contributed by atoms with Crippen LogP contribution in [0, 0.1) is 5.92 Å². The molecule has 11 heteroatoms. The van der Waals surface area contributed by atoms with Crippen LogP contribution in [0.25, 0.3) is 0 Å². The minimum atomic E-state index is -4.58. The van der Waals surface area contributed by atoms with Crippen LogP contribution < -0.4 is 5.32 Å². The molecule has 1 aromatic carbocycles. The molecule has 2 fully saturated rings. The average Bonchev–Trinajstić information content (AvgIpc) is 2.77. The fourth-order valence-electron chi connectivity index (χ4n) is 4.78. The molecule has 0 radical (unpaired) electrons. The Morgan fingerprint density at radius 1 is 1.14 bits per heavy atom. The van der Waals surface area contributed by atoms with E-state index < -0.39 is 41.4 Å². The van der Waals surface area contributed by atoms with Crippen LogP contribution in [0.3, 0.4) is 0 Å². The predicted molar refractivity (Wildman–Crippen MR) is 130 cm³/mol. The second-order valence-electron chi connectivity index (χ2n) is 10.3. The molecule has 1 aromatic rings. The van der Waals surface area contributed by atoms with Crippen LogP contribution in [0.1, 0.15) is 58.9 Å². The Hall–Kier alpha value is -2.49. The third kappa shape index (κ3) is 6.83. The van der Waals surface area contributed by atoms with Crippen LogP contribution in [-0.2, 0) is 20.5 Å². The van der Waals surface area contributed by atoms with Crippen molar-refractivity contribution in [2.75, 3.05) is 25.0 Å². The molecule has 1 unspecified atom stereocenters. The van der Waals surface area contributed by atoms with Gasteiger partial charge in [0.05, 0.1) is 11.6 Å². The molecule has 0 aromatic heterocycles. The van der Waals surface area contributed by atoms with E-state index in [-0.39, 0.29) is 28.9 Å². The van der Waals surface area contributed by atoms with Gasteiger partial charge in [0.1, 0.15) is 17.4 Å². The lowest BCUT2D eigenvalue weighted by atomic mass is 9.84. The number of piperidine rings is 2. The Morgan fingerprint density at radius 2 is 1.83 bits per heavy atom. The summed E-state index contributed by atoms with van der Waals surface area (Å²) in [4.78, 5) is 42.1. The number of hydrogen-bond acceptors (Lipinski definition) is 5. The number of carbonyl (C=O) groups is 3. The molecular formula is C25H33ClF3N3O4. The molecule has 36 heavy (non-hydrogen) atoms. The maximum atomic E-state index is 13.5. The minimum absolute atomic E-state index is 0.0105. The molecule has 2 aliphatic rings. The molecule has 0 saturated carbocycles. The van der Waals surface area contributed by atoms with Crippen molar-refractivity contribution in [2.45, 2.75) is 77.2 Å². The van der Waals surface area contributed by atoms with E-state index in [4.69, 9.17) is 16.3 Å². The Labute approximate surface area is 214 Å². The molecule has 0 aliphatic carbocycles.